The van der Waals surface area contributed by atoms with Crippen LogP contribution in [0.3, 0.4) is 0 Å². The minimum absolute atomic E-state index is 0.0367. The van der Waals surface area contributed by atoms with E-state index < -0.39 is 5.97 Å². The van der Waals surface area contributed by atoms with Crippen molar-refractivity contribution in [3.63, 3.8) is 0 Å². The molecule has 25 heavy (non-hydrogen) atoms. The molecule has 8 heteroatoms. The Labute approximate surface area is 145 Å². The Bertz CT molecular complexity index is 641. The second kappa shape index (κ2) is 9.21. The minimum Gasteiger partial charge on any atom is -0.477 e. The van der Waals surface area contributed by atoms with Crippen LogP contribution in [0.4, 0.5) is 5.69 Å². The number of aromatic carboxylic acids is 1. The van der Waals surface area contributed by atoms with Gasteiger partial charge in [0, 0.05) is 24.7 Å². The Balaban J connectivity index is 3.18. The van der Waals surface area contributed by atoms with Gasteiger partial charge in [0.05, 0.1) is 11.5 Å². The van der Waals surface area contributed by atoms with Gasteiger partial charge in [-0.25, -0.2) is 4.79 Å². The molecule has 1 amide bonds. The maximum Gasteiger partial charge on any atom is 0.343 e. The zero-order chi connectivity index (χ0) is 19.0. The molecule has 0 fully saturated rings. The smallest absolute Gasteiger partial charge is 0.343 e. The van der Waals surface area contributed by atoms with E-state index in [2.05, 4.69) is 18.5 Å². The number of carboxylic acids is 1. The molecule has 0 unspecified atom stereocenters. The molecule has 0 aliphatic rings. The van der Waals surface area contributed by atoms with Crippen molar-refractivity contribution in [1.29, 1.82) is 0 Å². The second-order valence-corrected chi connectivity index (χ2v) is 5.05. The molecule has 8 nitrogen and oxygen atoms in total. The Morgan fingerprint density at radius 2 is 1.44 bits per heavy atom. The molecule has 0 saturated heterocycles. The van der Waals surface area contributed by atoms with Crippen molar-refractivity contribution in [3.8, 4) is 11.5 Å². The molecule has 0 aliphatic carbocycles. The maximum absolute atomic E-state index is 11.6. The van der Waals surface area contributed by atoms with Crippen LogP contribution in [0.1, 0.15) is 31.1 Å². The van der Waals surface area contributed by atoms with Crippen LogP contribution in [0.2, 0.25) is 0 Å². The summed E-state index contributed by atoms with van der Waals surface area (Å²) in [6.45, 7) is 11.2. The highest BCUT2D eigenvalue weighted by molar-refractivity contribution is 5.97. The van der Waals surface area contributed by atoms with Gasteiger partial charge in [0.1, 0.15) is 17.1 Å². The lowest BCUT2D eigenvalue weighted by molar-refractivity contribution is -0.114. The van der Waals surface area contributed by atoms with Crippen LogP contribution in [0, 0.1) is 0 Å². The third-order valence-corrected chi connectivity index (χ3v) is 2.64. The second-order valence-electron chi connectivity index (χ2n) is 5.05. The standard InChI is InChI=1S/C17H21NO7/c1-10(2)22-8-24-14-6-13(18-12(5)19)7-15(16(14)17(20)21)25-9-23-11(3)4/h6-7H,1,3,8-9H2,2,4-5H3,(H,18,19)(H,20,21). The number of ether oxygens (including phenoxy) is 4. The van der Waals surface area contributed by atoms with Crippen LogP contribution < -0.4 is 14.8 Å². The Kier molecular flexibility index (Phi) is 7.33. The summed E-state index contributed by atoms with van der Waals surface area (Å²) >= 11 is 0. The molecule has 0 radical (unpaired) electrons. The van der Waals surface area contributed by atoms with E-state index in [-0.39, 0.29) is 36.6 Å². The first-order chi connectivity index (χ1) is 11.7. The van der Waals surface area contributed by atoms with Gasteiger partial charge >= 0.3 is 5.97 Å². The monoisotopic (exact) mass is 351 g/mol. The fourth-order valence-electron chi connectivity index (χ4n) is 1.69. The maximum atomic E-state index is 11.6. The highest BCUT2D eigenvalue weighted by Gasteiger charge is 2.21. The quantitative estimate of drug-likeness (QED) is 0.493. The molecule has 0 saturated carbocycles. The van der Waals surface area contributed by atoms with Crippen LogP contribution >= 0.6 is 0 Å². The predicted octanol–water partition coefficient (Wildman–Crippen LogP) is 3.12. The highest BCUT2D eigenvalue weighted by atomic mass is 16.7. The summed E-state index contributed by atoms with van der Waals surface area (Å²) < 4.78 is 20.9. The molecule has 1 aromatic carbocycles. The van der Waals surface area contributed by atoms with Crippen molar-refractivity contribution in [1.82, 2.24) is 0 Å². The zero-order valence-corrected chi connectivity index (χ0v) is 14.4. The number of rotatable bonds is 10. The minimum atomic E-state index is -1.27. The number of benzene rings is 1. The molecule has 0 aliphatic heterocycles. The lowest BCUT2D eigenvalue weighted by Gasteiger charge is -2.16. The van der Waals surface area contributed by atoms with E-state index in [9.17, 15) is 14.7 Å². The Hall–Kier alpha value is -3.16. The molecule has 1 aromatic rings. The third kappa shape index (κ3) is 6.86. The summed E-state index contributed by atoms with van der Waals surface area (Å²) in [6, 6.07) is 2.72. The first-order valence-corrected chi connectivity index (χ1v) is 7.21. The molecule has 0 aromatic heterocycles. The van der Waals surface area contributed by atoms with Gasteiger partial charge in [0.15, 0.2) is 0 Å². The van der Waals surface area contributed by atoms with Crippen LogP contribution in [-0.4, -0.2) is 30.6 Å². The van der Waals surface area contributed by atoms with E-state index in [1.807, 2.05) is 0 Å². The van der Waals surface area contributed by atoms with Gasteiger partial charge in [0.25, 0.3) is 0 Å². The fraction of sp³-hybridized carbons (Fsp3) is 0.294. The molecule has 0 atom stereocenters. The van der Waals surface area contributed by atoms with E-state index in [0.29, 0.717) is 17.2 Å². The summed E-state index contributed by atoms with van der Waals surface area (Å²) in [5.74, 6) is -0.875. The number of hydrogen-bond donors (Lipinski definition) is 2. The summed E-state index contributed by atoms with van der Waals surface area (Å²) in [5.41, 5.74) is 0.0675. The van der Waals surface area contributed by atoms with Crippen molar-refractivity contribution in [2.45, 2.75) is 20.8 Å². The van der Waals surface area contributed by atoms with Gasteiger partial charge in [-0.1, -0.05) is 13.2 Å². The number of carbonyl (C=O) groups excluding carboxylic acids is 1. The Morgan fingerprint density at radius 3 is 1.76 bits per heavy atom. The number of allylic oxidation sites excluding steroid dienone is 2. The van der Waals surface area contributed by atoms with Gasteiger partial charge in [-0.15, -0.1) is 0 Å². The molecule has 2 N–H and O–H groups in total. The lowest BCUT2D eigenvalue weighted by Crippen LogP contribution is -2.12. The van der Waals surface area contributed by atoms with Crippen molar-refractivity contribution >= 4 is 17.6 Å². The van der Waals surface area contributed by atoms with Crippen molar-refractivity contribution < 1.29 is 33.6 Å². The molecule has 0 bridgehead atoms. The Morgan fingerprint density at radius 1 is 1.00 bits per heavy atom. The van der Waals surface area contributed by atoms with Crippen LogP contribution in [0.15, 0.2) is 36.8 Å². The number of hydrogen-bond acceptors (Lipinski definition) is 6. The first-order valence-electron chi connectivity index (χ1n) is 7.21. The van der Waals surface area contributed by atoms with Crippen LogP contribution in [0.5, 0.6) is 11.5 Å². The normalized spacial score (nSPS) is 9.72. The number of carbonyl (C=O) groups is 2. The van der Waals surface area contributed by atoms with Crippen LogP contribution in [-0.2, 0) is 14.3 Å². The summed E-state index contributed by atoms with van der Waals surface area (Å²) in [6.07, 6.45) is 0. The zero-order valence-electron chi connectivity index (χ0n) is 14.4. The average Bonchev–Trinajstić information content (AvgIpc) is 2.45. The number of amides is 1. The van der Waals surface area contributed by atoms with Gasteiger partial charge < -0.3 is 29.4 Å². The fourth-order valence-corrected chi connectivity index (χ4v) is 1.69. The SMILES string of the molecule is C=C(C)OCOc1cc(NC(C)=O)cc(OCOC(=C)C)c1C(=O)O. The molecular formula is C17H21NO7. The molecular weight excluding hydrogens is 330 g/mol. The van der Waals surface area contributed by atoms with Crippen molar-refractivity contribution in [2.24, 2.45) is 0 Å². The lowest BCUT2D eigenvalue weighted by atomic mass is 10.1. The number of nitrogens with one attached hydrogen (secondary N) is 1. The molecule has 0 spiro atoms. The molecule has 0 heterocycles. The van der Waals surface area contributed by atoms with E-state index in [1.165, 1.54) is 19.1 Å². The van der Waals surface area contributed by atoms with Crippen molar-refractivity contribution in [2.75, 3.05) is 18.9 Å². The van der Waals surface area contributed by atoms with E-state index in [1.54, 1.807) is 13.8 Å². The van der Waals surface area contributed by atoms with E-state index in [0.717, 1.165) is 0 Å². The topological polar surface area (TPSA) is 103 Å². The first kappa shape index (κ1) is 19.9. The summed E-state index contributed by atoms with van der Waals surface area (Å²) in [4.78, 5) is 22.9. The summed E-state index contributed by atoms with van der Waals surface area (Å²) in [7, 11) is 0. The van der Waals surface area contributed by atoms with Gasteiger partial charge in [-0.05, 0) is 13.8 Å². The van der Waals surface area contributed by atoms with Gasteiger partial charge in [-0.3, -0.25) is 4.79 Å². The van der Waals surface area contributed by atoms with Gasteiger partial charge in [-0.2, -0.15) is 0 Å². The number of anilines is 1. The highest BCUT2D eigenvalue weighted by Crippen LogP contribution is 2.33. The largest absolute Gasteiger partial charge is 0.477 e. The van der Waals surface area contributed by atoms with E-state index >= 15 is 0 Å². The number of carboxylic acid groups (broad SMARTS) is 1. The molecule has 136 valence electrons. The van der Waals surface area contributed by atoms with Crippen molar-refractivity contribution in [3.05, 3.63) is 42.4 Å². The average molecular weight is 351 g/mol. The third-order valence-electron chi connectivity index (χ3n) is 2.64. The van der Waals surface area contributed by atoms with E-state index in [4.69, 9.17) is 18.9 Å². The van der Waals surface area contributed by atoms with Crippen LogP contribution in [0.25, 0.3) is 0 Å². The van der Waals surface area contributed by atoms with Gasteiger partial charge in [0.2, 0.25) is 19.5 Å². The predicted molar refractivity (Wildman–Crippen MR) is 90.5 cm³/mol. The summed E-state index contributed by atoms with van der Waals surface area (Å²) in [5, 5.41) is 12.0. The molecule has 1 rings (SSSR count).